The number of alkyl carbamates (subject to hydrolysis) is 1. The molecule has 1 saturated heterocycles. The summed E-state index contributed by atoms with van der Waals surface area (Å²) in [6.07, 6.45) is 2.02. The Morgan fingerprint density at radius 1 is 1.17 bits per heavy atom. The van der Waals surface area contributed by atoms with E-state index in [1.165, 1.54) is 0 Å². The topological polar surface area (TPSA) is 92.8 Å². The van der Waals surface area contributed by atoms with E-state index in [-0.39, 0.29) is 29.0 Å². The summed E-state index contributed by atoms with van der Waals surface area (Å²) in [5.41, 5.74) is 0.393. The molecule has 0 saturated carbocycles. The summed E-state index contributed by atoms with van der Waals surface area (Å²) in [5, 5.41) is 2.72. The van der Waals surface area contributed by atoms with Crippen molar-refractivity contribution in [3.63, 3.8) is 0 Å². The highest BCUT2D eigenvalue weighted by Gasteiger charge is 2.28. The Bertz CT molecular complexity index is 812. The van der Waals surface area contributed by atoms with Crippen molar-refractivity contribution in [2.45, 2.75) is 69.9 Å². The maximum absolute atomic E-state index is 12.7. The zero-order chi connectivity index (χ0) is 21.7. The van der Waals surface area contributed by atoms with Crippen LogP contribution in [0.4, 0.5) is 4.79 Å². The van der Waals surface area contributed by atoms with E-state index in [9.17, 15) is 18.0 Å². The molecule has 0 aromatic heterocycles. The van der Waals surface area contributed by atoms with Gasteiger partial charge in [0.15, 0.2) is 9.84 Å². The third-order valence-electron chi connectivity index (χ3n) is 4.79. The maximum Gasteiger partial charge on any atom is 0.407 e. The highest BCUT2D eigenvalue weighted by Crippen LogP contribution is 2.19. The number of carbonyl (C=O) groups excluding carboxylic acids is 2. The van der Waals surface area contributed by atoms with Crippen LogP contribution in [-0.2, 0) is 19.4 Å². The second-order valence-electron chi connectivity index (χ2n) is 8.50. The van der Waals surface area contributed by atoms with E-state index in [2.05, 4.69) is 5.32 Å². The average molecular weight is 425 g/mol. The molecule has 1 aliphatic rings. The number of hydrogen-bond acceptors (Lipinski definition) is 5. The predicted molar refractivity (Wildman–Crippen MR) is 111 cm³/mol. The minimum atomic E-state index is -3.51. The fraction of sp³-hybridized carbons (Fsp3) is 0.619. The van der Waals surface area contributed by atoms with E-state index in [1.807, 2.05) is 6.92 Å². The molecule has 2 amide bonds. The molecule has 1 fully saturated rings. The number of ether oxygens (including phenoxy) is 1. The van der Waals surface area contributed by atoms with Gasteiger partial charge < -0.3 is 15.0 Å². The molecule has 1 aliphatic heterocycles. The lowest BCUT2D eigenvalue weighted by Gasteiger charge is -2.36. The first kappa shape index (κ1) is 23.2. The third kappa shape index (κ3) is 7.34. The van der Waals surface area contributed by atoms with Crippen molar-refractivity contribution < 1.29 is 22.7 Å². The molecule has 1 N–H and O–H groups in total. The third-order valence-corrected chi connectivity index (χ3v) is 6.53. The van der Waals surface area contributed by atoms with Crippen molar-refractivity contribution in [3.8, 4) is 0 Å². The van der Waals surface area contributed by atoms with Gasteiger partial charge in [0.1, 0.15) is 5.60 Å². The molecule has 1 aromatic rings. The van der Waals surface area contributed by atoms with E-state index >= 15 is 0 Å². The number of nitrogens with one attached hydrogen (secondary N) is 1. The van der Waals surface area contributed by atoms with Crippen LogP contribution >= 0.6 is 0 Å². The molecule has 29 heavy (non-hydrogen) atoms. The molecule has 0 radical (unpaired) electrons. The van der Waals surface area contributed by atoms with Crippen molar-refractivity contribution in [1.82, 2.24) is 10.2 Å². The van der Waals surface area contributed by atoms with Gasteiger partial charge in [-0.05, 0) is 59.1 Å². The summed E-state index contributed by atoms with van der Waals surface area (Å²) in [6, 6.07) is 6.49. The molecule has 1 aromatic carbocycles. The number of rotatable bonds is 6. The van der Waals surface area contributed by atoms with Crippen LogP contribution in [-0.4, -0.2) is 55.8 Å². The van der Waals surface area contributed by atoms with Crippen molar-refractivity contribution in [3.05, 3.63) is 29.8 Å². The van der Waals surface area contributed by atoms with Crippen LogP contribution in [0.2, 0.25) is 0 Å². The highest BCUT2D eigenvalue weighted by molar-refractivity contribution is 7.91. The van der Waals surface area contributed by atoms with Crippen LogP contribution in [0.15, 0.2) is 29.2 Å². The first-order chi connectivity index (χ1) is 13.5. The maximum atomic E-state index is 12.7. The van der Waals surface area contributed by atoms with Gasteiger partial charge in [-0.2, -0.15) is 0 Å². The van der Waals surface area contributed by atoms with Gasteiger partial charge in [-0.15, -0.1) is 0 Å². The van der Waals surface area contributed by atoms with Gasteiger partial charge in [0.2, 0.25) is 5.91 Å². The zero-order valence-electron chi connectivity index (χ0n) is 17.7. The number of benzene rings is 1. The van der Waals surface area contributed by atoms with Crippen molar-refractivity contribution in [2.24, 2.45) is 0 Å². The summed E-state index contributed by atoms with van der Waals surface area (Å²) in [4.78, 5) is 26.6. The molecule has 162 valence electrons. The average Bonchev–Trinajstić information content (AvgIpc) is 2.64. The number of nitrogens with zero attached hydrogens (tertiary/aromatic N) is 1. The second kappa shape index (κ2) is 9.61. The first-order valence-corrected chi connectivity index (χ1v) is 11.7. The number of hydrogen-bond donors (Lipinski definition) is 1. The van der Waals surface area contributed by atoms with Gasteiger partial charge in [-0.25, -0.2) is 13.2 Å². The van der Waals surface area contributed by atoms with Gasteiger partial charge in [-0.3, -0.25) is 4.79 Å². The van der Waals surface area contributed by atoms with Crippen LogP contribution in [0.1, 0.15) is 52.0 Å². The van der Waals surface area contributed by atoms with Crippen LogP contribution in [0, 0.1) is 6.92 Å². The Hall–Kier alpha value is -2.09. The molecular formula is C21H32N2O5S. The molecule has 0 aliphatic carbocycles. The van der Waals surface area contributed by atoms with E-state index in [4.69, 9.17) is 4.74 Å². The normalized spacial score (nSPS) is 17.7. The molecule has 0 bridgehead atoms. The van der Waals surface area contributed by atoms with Crippen molar-refractivity contribution in [1.29, 1.82) is 0 Å². The number of aryl methyl sites for hydroxylation is 1. The minimum Gasteiger partial charge on any atom is -0.444 e. The van der Waals surface area contributed by atoms with Gasteiger partial charge in [0.25, 0.3) is 0 Å². The number of sulfone groups is 1. The van der Waals surface area contributed by atoms with E-state index in [1.54, 1.807) is 49.9 Å². The van der Waals surface area contributed by atoms with Crippen LogP contribution in [0.3, 0.4) is 0 Å². The smallest absolute Gasteiger partial charge is 0.407 e. The summed E-state index contributed by atoms with van der Waals surface area (Å²) in [7, 11) is -3.51. The summed E-state index contributed by atoms with van der Waals surface area (Å²) in [6.45, 7) is 8.13. The number of likely N-dealkylation sites (tertiary alicyclic amines) is 1. The molecule has 1 heterocycles. The number of carbonyl (C=O) groups is 2. The summed E-state index contributed by atoms with van der Waals surface area (Å²) < 4.78 is 30.3. The summed E-state index contributed by atoms with van der Waals surface area (Å²) >= 11 is 0. The van der Waals surface area contributed by atoms with Crippen molar-refractivity contribution in [2.75, 3.05) is 18.8 Å². The quantitative estimate of drug-likeness (QED) is 0.758. The van der Waals surface area contributed by atoms with Gasteiger partial charge in [0, 0.05) is 25.6 Å². The molecule has 1 atom stereocenters. The Balaban J connectivity index is 1.93. The predicted octanol–water partition coefficient (Wildman–Crippen LogP) is 3.06. The Morgan fingerprint density at radius 3 is 2.45 bits per heavy atom. The Kier molecular flexibility index (Phi) is 7.68. The fourth-order valence-corrected chi connectivity index (χ4v) is 4.51. The van der Waals surface area contributed by atoms with Crippen molar-refractivity contribution >= 4 is 21.8 Å². The standard InChI is InChI=1S/C21H32N2O5S/c1-16-8-10-18(11-9-16)29(26,27)14-12-19(24)23-13-6-5-7-17(23)15-22-20(25)28-21(2,3)4/h8-11,17H,5-7,12-15H2,1-4H3,(H,22,25). The Labute approximate surface area is 173 Å². The highest BCUT2D eigenvalue weighted by atomic mass is 32.2. The van der Waals surface area contributed by atoms with Gasteiger partial charge >= 0.3 is 6.09 Å². The lowest BCUT2D eigenvalue weighted by Crippen LogP contribution is -2.50. The Morgan fingerprint density at radius 2 is 1.83 bits per heavy atom. The molecule has 8 heteroatoms. The lowest BCUT2D eigenvalue weighted by molar-refractivity contribution is -0.134. The van der Waals surface area contributed by atoms with Crippen LogP contribution in [0.5, 0.6) is 0 Å². The van der Waals surface area contributed by atoms with Gasteiger partial charge in [-0.1, -0.05) is 17.7 Å². The first-order valence-electron chi connectivity index (χ1n) is 10.0. The summed E-state index contributed by atoms with van der Waals surface area (Å²) in [5.74, 6) is -0.422. The van der Waals surface area contributed by atoms with E-state index in [0.717, 1.165) is 24.8 Å². The fourth-order valence-electron chi connectivity index (χ4n) is 3.29. The molecule has 1 unspecified atom stereocenters. The van der Waals surface area contributed by atoms with E-state index < -0.39 is 21.5 Å². The molecule has 7 nitrogen and oxygen atoms in total. The zero-order valence-corrected chi connectivity index (χ0v) is 18.5. The van der Waals surface area contributed by atoms with Crippen LogP contribution in [0.25, 0.3) is 0 Å². The monoisotopic (exact) mass is 424 g/mol. The molecule has 0 spiro atoms. The molecule has 2 rings (SSSR count). The number of piperidine rings is 1. The van der Waals surface area contributed by atoms with Crippen LogP contribution < -0.4 is 5.32 Å². The van der Waals surface area contributed by atoms with Gasteiger partial charge in [0.05, 0.1) is 10.6 Å². The van der Waals surface area contributed by atoms with E-state index in [0.29, 0.717) is 13.1 Å². The SMILES string of the molecule is Cc1ccc(S(=O)(=O)CCC(=O)N2CCCCC2CNC(=O)OC(C)(C)C)cc1. The molecular weight excluding hydrogens is 392 g/mol. The number of amides is 2. The minimum absolute atomic E-state index is 0.0703. The second-order valence-corrected chi connectivity index (χ2v) is 10.6. The largest absolute Gasteiger partial charge is 0.444 e. The lowest BCUT2D eigenvalue weighted by atomic mass is 10.0.